The van der Waals surface area contributed by atoms with Gasteiger partial charge in [-0.1, -0.05) is 48.0 Å². The van der Waals surface area contributed by atoms with Gasteiger partial charge in [0.15, 0.2) is 0 Å². The molecular weight excluding hydrogens is 284 g/mol. The summed E-state index contributed by atoms with van der Waals surface area (Å²) in [4.78, 5) is 0.322. The molecule has 1 aliphatic heterocycles. The summed E-state index contributed by atoms with van der Waals surface area (Å²) in [5, 5.41) is 0. The van der Waals surface area contributed by atoms with E-state index in [9.17, 15) is 8.42 Å². The molecule has 110 valence electrons. The molecule has 5 heteroatoms. The van der Waals surface area contributed by atoms with E-state index in [1.54, 1.807) is 24.3 Å². The maximum Gasteiger partial charge on any atom is 0.243 e. The smallest absolute Gasteiger partial charge is 0.243 e. The van der Waals surface area contributed by atoms with E-state index in [-0.39, 0.29) is 0 Å². The fraction of sp³-hybridized carbons (Fsp3) is 0.250. The summed E-state index contributed by atoms with van der Waals surface area (Å²) in [7, 11) is -3.44. The van der Waals surface area contributed by atoms with Crippen LogP contribution in [0.1, 0.15) is 11.1 Å². The first-order valence-electron chi connectivity index (χ1n) is 6.83. The lowest BCUT2D eigenvalue weighted by Crippen LogP contribution is -2.65. The predicted octanol–water partition coefficient (Wildman–Crippen LogP) is 1.85. The Hall–Kier alpha value is -1.69. The molecule has 0 saturated carbocycles. The first-order valence-corrected chi connectivity index (χ1v) is 8.27. The first kappa shape index (κ1) is 14.3. The van der Waals surface area contributed by atoms with Crippen molar-refractivity contribution in [2.45, 2.75) is 17.4 Å². The van der Waals surface area contributed by atoms with Crippen molar-refractivity contribution in [3.63, 3.8) is 0 Å². The van der Waals surface area contributed by atoms with Crippen LogP contribution in [0.25, 0.3) is 0 Å². The maximum absolute atomic E-state index is 12.5. The normalized spacial score (nSPS) is 18.2. The highest BCUT2D eigenvalue weighted by molar-refractivity contribution is 7.89. The first-order chi connectivity index (χ1) is 9.92. The SMILES string of the molecule is Cc1ccc(S(=O)(=O)N2CC(N)(c3ccccc3)C2)cc1. The molecule has 0 amide bonds. The molecule has 0 atom stereocenters. The van der Waals surface area contributed by atoms with Gasteiger partial charge in [-0.2, -0.15) is 4.31 Å². The zero-order chi connectivity index (χ0) is 15.1. The van der Waals surface area contributed by atoms with Crippen molar-refractivity contribution in [2.75, 3.05) is 13.1 Å². The summed E-state index contributed by atoms with van der Waals surface area (Å²) in [5.74, 6) is 0. The molecule has 0 aliphatic carbocycles. The second-order valence-electron chi connectivity index (χ2n) is 5.61. The van der Waals surface area contributed by atoms with Gasteiger partial charge < -0.3 is 5.73 Å². The van der Waals surface area contributed by atoms with Gasteiger partial charge >= 0.3 is 0 Å². The van der Waals surface area contributed by atoms with Gasteiger partial charge in [0.1, 0.15) is 0 Å². The summed E-state index contributed by atoms with van der Waals surface area (Å²) in [6.07, 6.45) is 0. The Morgan fingerprint density at radius 2 is 1.57 bits per heavy atom. The van der Waals surface area contributed by atoms with Crippen molar-refractivity contribution >= 4 is 10.0 Å². The molecule has 2 N–H and O–H groups in total. The molecule has 3 rings (SSSR count). The summed E-state index contributed by atoms with van der Waals surface area (Å²) < 4.78 is 26.5. The minimum absolute atomic E-state index is 0.313. The van der Waals surface area contributed by atoms with Crippen molar-refractivity contribution in [2.24, 2.45) is 5.73 Å². The number of aryl methyl sites for hydroxylation is 1. The third-order valence-corrected chi connectivity index (χ3v) is 5.73. The Morgan fingerprint density at radius 3 is 2.14 bits per heavy atom. The number of hydrogen-bond donors (Lipinski definition) is 1. The van der Waals surface area contributed by atoms with Crippen LogP contribution < -0.4 is 5.73 Å². The lowest BCUT2D eigenvalue weighted by atomic mass is 9.85. The number of nitrogens with two attached hydrogens (primary N) is 1. The molecule has 0 aromatic heterocycles. The molecule has 0 bridgehead atoms. The zero-order valence-electron chi connectivity index (χ0n) is 11.9. The van der Waals surface area contributed by atoms with Crippen molar-refractivity contribution < 1.29 is 8.42 Å². The molecule has 21 heavy (non-hydrogen) atoms. The van der Waals surface area contributed by atoms with E-state index >= 15 is 0 Å². The van der Waals surface area contributed by atoms with E-state index in [1.165, 1.54) is 4.31 Å². The largest absolute Gasteiger partial charge is 0.319 e. The van der Waals surface area contributed by atoms with Gasteiger partial charge in [-0.05, 0) is 24.6 Å². The van der Waals surface area contributed by atoms with E-state index in [4.69, 9.17) is 5.73 Å². The second kappa shape index (κ2) is 4.94. The lowest BCUT2D eigenvalue weighted by Gasteiger charge is -2.46. The predicted molar refractivity (Wildman–Crippen MR) is 82.2 cm³/mol. The van der Waals surface area contributed by atoms with Gasteiger partial charge in [0, 0.05) is 13.1 Å². The van der Waals surface area contributed by atoms with Crippen LogP contribution in [0.2, 0.25) is 0 Å². The molecule has 0 radical (unpaired) electrons. The standard InChI is InChI=1S/C16H18N2O2S/c1-13-7-9-15(10-8-13)21(19,20)18-11-16(17,12-18)14-5-3-2-4-6-14/h2-10H,11-12,17H2,1H3. The van der Waals surface area contributed by atoms with E-state index in [0.29, 0.717) is 18.0 Å². The number of rotatable bonds is 3. The van der Waals surface area contributed by atoms with Crippen LogP contribution in [0.4, 0.5) is 0 Å². The van der Waals surface area contributed by atoms with E-state index in [2.05, 4.69) is 0 Å². The van der Waals surface area contributed by atoms with Crippen LogP contribution in [-0.4, -0.2) is 25.8 Å². The molecule has 1 aliphatic rings. The van der Waals surface area contributed by atoms with Crippen molar-refractivity contribution in [1.82, 2.24) is 4.31 Å². The molecule has 0 unspecified atom stereocenters. The van der Waals surface area contributed by atoms with Crippen molar-refractivity contribution in [3.8, 4) is 0 Å². The number of hydrogen-bond acceptors (Lipinski definition) is 3. The van der Waals surface area contributed by atoms with Gasteiger partial charge in [0.2, 0.25) is 10.0 Å². The average Bonchev–Trinajstić information content (AvgIpc) is 2.45. The van der Waals surface area contributed by atoms with Gasteiger partial charge in [0.05, 0.1) is 10.4 Å². The van der Waals surface area contributed by atoms with E-state index < -0.39 is 15.6 Å². The summed E-state index contributed by atoms with van der Waals surface area (Å²) >= 11 is 0. The Kier molecular flexibility index (Phi) is 3.36. The molecule has 1 fully saturated rings. The highest BCUT2D eigenvalue weighted by Gasteiger charge is 2.46. The minimum Gasteiger partial charge on any atom is -0.319 e. The number of nitrogens with zero attached hydrogens (tertiary/aromatic N) is 1. The third kappa shape index (κ3) is 2.48. The Bertz CT molecular complexity index is 734. The van der Waals surface area contributed by atoms with Crippen LogP contribution in [-0.2, 0) is 15.6 Å². The maximum atomic E-state index is 12.5. The van der Waals surface area contributed by atoms with Crippen molar-refractivity contribution in [1.29, 1.82) is 0 Å². The minimum atomic E-state index is -3.44. The quantitative estimate of drug-likeness (QED) is 0.941. The monoisotopic (exact) mass is 302 g/mol. The van der Waals surface area contributed by atoms with Gasteiger partial charge in [0.25, 0.3) is 0 Å². The molecule has 1 saturated heterocycles. The Labute approximate surface area is 125 Å². The highest BCUT2D eigenvalue weighted by Crippen LogP contribution is 2.33. The number of benzene rings is 2. The fourth-order valence-corrected chi connectivity index (χ4v) is 4.14. The van der Waals surface area contributed by atoms with Gasteiger partial charge in [-0.15, -0.1) is 0 Å². The summed E-state index contributed by atoms with van der Waals surface area (Å²) in [6.45, 7) is 2.56. The topological polar surface area (TPSA) is 63.4 Å². The fourth-order valence-electron chi connectivity index (χ4n) is 2.57. The summed E-state index contributed by atoms with van der Waals surface area (Å²) in [6, 6.07) is 16.5. The van der Waals surface area contributed by atoms with E-state index in [1.807, 2.05) is 37.3 Å². The molecular formula is C16H18N2O2S. The van der Waals surface area contributed by atoms with Gasteiger partial charge in [-0.3, -0.25) is 0 Å². The van der Waals surface area contributed by atoms with Crippen molar-refractivity contribution in [3.05, 3.63) is 65.7 Å². The van der Waals surface area contributed by atoms with Crippen LogP contribution >= 0.6 is 0 Å². The van der Waals surface area contributed by atoms with E-state index in [0.717, 1.165) is 11.1 Å². The summed E-state index contributed by atoms with van der Waals surface area (Å²) in [5.41, 5.74) is 7.73. The van der Waals surface area contributed by atoms with Crippen LogP contribution in [0, 0.1) is 6.92 Å². The molecule has 0 spiro atoms. The molecule has 2 aromatic carbocycles. The highest BCUT2D eigenvalue weighted by atomic mass is 32.2. The van der Waals surface area contributed by atoms with Gasteiger partial charge in [-0.25, -0.2) is 8.42 Å². The lowest BCUT2D eigenvalue weighted by molar-refractivity contribution is 0.158. The molecule has 4 nitrogen and oxygen atoms in total. The zero-order valence-corrected chi connectivity index (χ0v) is 12.7. The third-order valence-electron chi connectivity index (χ3n) is 3.92. The molecule has 1 heterocycles. The second-order valence-corrected chi connectivity index (χ2v) is 7.55. The molecule has 2 aromatic rings. The van der Waals surface area contributed by atoms with Crippen LogP contribution in [0.15, 0.2) is 59.5 Å². The Morgan fingerprint density at radius 1 is 1.00 bits per heavy atom. The average molecular weight is 302 g/mol. The Balaban J connectivity index is 1.81. The van der Waals surface area contributed by atoms with Crippen LogP contribution in [0.5, 0.6) is 0 Å². The number of sulfonamides is 1. The van der Waals surface area contributed by atoms with Crippen LogP contribution in [0.3, 0.4) is 0 Å².